The zero-order valence-electron chi connectivity index (χ0n) is 19.8. The number of hydrogen-bond acceptors (Lipinski definition) is 8. The Bertz CT molecular complexity index is 1250. The van der Waals surface area contributed by atoms with Crippen LogP contribution in [0.3, 0.4) is 0 Å². The molecule has 0 saturated heterocycles. The second kappa shape index (κ2) is 12.1. The Hall–Kier alpha value is -3.76. The first-order valence-corrected chi connectivity index (χ1v) is 12.2. The van der Waals surface area contributed by atoms with Crippen molar-refractivity contribution < 1.29 is 9.53 Å². The highest BCUT2D eigenvalue weighted by atomic mass is 32.1. The highest BCUT2D eigenvalue weighted by Crippen LogP contribution is 2.24. The topological polar surface area (TPSA) is 104 Å². The summed E-state index contributed by atoms with van der Waals surface area (Å²) in [7, 11) is 4.09. The van der Waals surface area contributed by atoms with Crippen LogP contribution < -0.4 is 20.7 Å². The number of nitrogens with zero attached hydrogens (tertiary/aromatic N) is 4. The van der Waals surface area contributed by atoms with E-state index >= 15 is 0 Å². The van der Waals surface area contributed by atoms with Crippen LogP contribution in [0.4, 0.5) is 21.3 Å². The van der Waals surface area contributed by atoms with Crippen LogP contribution in [0.1, 0.15) is 11.3 Å². The molecule has 9 nitrogen and oxygen atoms in total. The number of nitrogens with one attached hydrogen (secondary N) is 3. The van der Waals surface area contributed by atoms with Gasteiger partial charge in [0.05, 0.1) is 12.1 Å². The third-order valence-corrected chi connectivity index (χ3v) is 6.07. The van der Waals surface area contributed by atoms with Gasteiger partial charge in [0, 0.05) is 65.8 Å². The van der Waals surface area contributed by atoms with Gasteiger partial charge in [0.1, 0.15) is 0 Å². The van der Waals surface area contributed by atoms with E-state index in [0.29, 0.717) is 24.2 Å². The number of aromatic nitrogens is 3. The van der Waals surface area contributed by atoms with Gasteiger partial charge in [-0.1, -0.05) is 18.2 Å². The number of ether oxygens (including phenoxy) is 1. The molecule has 1 aromatic carbocycles. The number of anilines is 3. The monoisotopic (exact) mass is 491 g/mol. The summed E-state index contributed by atoms with van der Waals surface area (Å²) >= 11 is 1.46. The molecule has 0 aliphatic heterocycles. The van der Waals surface area contributed by atoms with Gasteiger partial charge in [-0.3, -0.25) is 10.3 Å². The molecule has 2 amide bonds. The quantitative estimate of drug-likeness (QED) is 0.261. The summed E-state index contributed by atoms with van der Waals surface area (Å²) in [6.07, 6.45) is 7.07. The van der Waals surface area contributed by atoms with Crippen LogP contribution in [-0.2, 0) is 6.42 Å². The molecule has 4 aromatic rings. The van der Waals surface area contributed by atoms with Crippen molar-refractivity contribution in [1.29, 1.82) is 0 Å². The predicted octanol–water partition coefficient (Wildman–Crippen LogP) is 4.72. The van der Waals surface area contributed by atoms with Crippen molar-refractivity contribution in [3.05, 3.63) is 65.9 Å². The fourth-order valence-electron chi connectivity index (χ4n) is 3.40. The van der Waals surface area contributed by atoms with E-state index in [9.17, 15) is 4.79 Å². The lowest BCUT2D eigenvalue weighted by atomic mass is 10.2. The van der Waals surface area contributed by atoms with Crippen LogP contribution in [0, 0.1) is 0 Å². The molecule has 0 fully saturated rings. The summed E-state index contributed by atoms with van der Waals surface area (Å²) in [6.45, 7) is 2.30. The van der Waals surface area contributed by atoms with Crippen LogP contribution in [0.25, 0.3) is 10.9 Å². The normalized spacial score (nSPS) is 10.9. The lowest BCUT2D eigenvalue weighted by molar-refractivity contribution is 0.262. The largest absolute Gasteiger partial charge is 0.478 e. The van der Waals surface area contributed by atoms with E-state index in [1.54, 1.807) is 18.6 Å². The van der Waals surface area contributed by atoms with E-state index in [1.807, 2.05) is 56.6 Å². The number of hydrogen-bond donors (Lipinski definition) is 3. The van der Waals surface area contributed by atoms with Crippen LogP contribution in [0.2, 0.25) is 0 Å². The van der Waals surface area contributed by atoms with Gasteiger partial charge in [0.25, 0.3) is 0 Å². The van der Waals surface area contributed by atoms with E-state index in [0.717, 1.165) is 46.5 Å². The summed E-state index contributed by atoms with van der Waals surface area (Å²) in [5, 5.41) is 10.5. The minimum atomic E-state index is -0.313. The Morgan fingerprint density at radius 3 is 2.74 bits per heavy atom. The average molecular weight is 492 g/mol. The molecular weight excluding hydrogens is 462 g/mol. The van der Waals surface area contributed by atoms with Crippen LogP contribution >= 0.6 is 11.3 Å². The molecule has 0 atom stereocenters. The third-order valence-electron chi connectivity index (χ3n) is 5.09. The van der Waals surface area contributed by atoms with E-state index in [4.69, 9.17) is 4.74 Å². The Balaban J connectivity index is 1.27. The maximum absolute atomic E-state index is 12.1. The highest BCUT2D eigenvalue weighted by Gasteiger charge is 2.08. The van der Waals surface area contributed by atoms with E-state index < -0.39 is 0 Å². The second-order valence-corrected chi connectivity index (χ2v) is 9.27. The van der Waals surface area contributed by atoms with E-state index in [-0.39, 0.29) is 6.03 Å². The number of carbonyl (C=O) groups excluding carboxylic acids is 1. The molecule has 0 spiro atoms. The zero-order valence-corrected chi connectivity index (χ0v) is 20.6. The van der Waals surface area contributed by atoms with Gasteiger partial charge < -0.3 is 20.3 Å². The first-order chi connectivity index (χ1) is 17.1. The number of amides is 2. The van der Waals surface area contributed by atoms with E-state index in [1.165, 1.54) is 11.3 Å². The maximum atomic E-state index is 12.1. The van der Waals surface area contributed by atoms with Gasteiger partial charge in [-0.15, -0.1) is 11.3 Å². The fraction of sp³-hybridized carbons (Fsp3) is 0.280. The van der Waals surface area contributed by atoms with Crippen molar-refractivity contribution in [3.63, 3.8) is 0 Å². The number of para-hydroxylation sites is 1. The van der Waals surface area contributed by atoms with Gasteiger partial charge in [-0.2, -0.15) is 0 Å². The van der Waals surface area contributed by atoms with Crippen LogP contribution in [0.15, 0.2) is 61.1 Å². The molecule has 0 aliphatic carbocycles. The van der Waals surface area contributed by atoms with Gasteiger partial charge >= 0.3 is 6.03 Å². The Morgan fingerprint density at radius 1 is 1.06 bits per heavy atom. The summed E-state index contributed by atoms with van der Waals surface area (Å²) in [6, 6.07) is 12.8. The minimum Gasteiger partial charge on any atom is -0.478 e. The van der Waals surface area contributed by atoms with Crippen molar-refractivity contribution in [2.45, 2.75) is 12.8 Å². The molecule has 0 saturated carbocycles. The average Bonchev–Trinajstić information content (AvgIpc) is 3.29. The van der Waals surface area contributed by atoms with E-state index in [2.05, 4.69) is 35.8 Å². The molecule has 0 bridgehead atoms. The standard InChI is InChI=1S/C25H29N7O2S/c1-32(2)13-6-14-34-23-15-22-20(17-28-23)21(10-12-27-22)26-11-9-19-16-29-25(35-19)31-24(33)30-18-7-4-3-5-8-18/h3-5,7-8,10,12,15-17H,6,9,11,13-14H2,1-2H3,(H,26,27)(H2,29,30,31,33). The third kappa shape index (κ3) is 7.36. The second-order valence-electron chi connectivity index (χ2n) is 8.16. The molecular formula is C25H29N7O2S. The number of rotatable bonds is 11. The molecule has 0 unspecified atom stereocenters. The highest BCUT2D eigenvalue weighted by molar-refractivity contribution is 7.15. The summed E-state index contributed by atoms with van der Waals surface area (Å²) in [5.74, 6) is 0.585. The number of pyridine rings is 2. The fourth-order valence-corrected chi connectivity index (χ4v) is 4.20. The molecule has 0 radical (unpaired) electrons. The smallest absolute Gasteiger partial charge is 0.325 e. The number of fused-ring (bicyclic) bond motifs is 1. The van der Waals surface area contributed by atoms with Crippen molar-refractivity contribution in [3.8, 4) is 5.88 Å². The number of benzene rings is 1. The van der Waals surface area contributed by atoms with Crippen LogP contribution in [0.5, 0.6) is 5.88 Å². The minimum absolute atomic E-state index is 0.313. The molecule has 3 N–H and O–H groups in total. The Morgan fingerprint density at radius 2 is 1.91 bits per heavy atom. The van der Waals surface area contributed by atoms with Gasteiger partial charge in [-0.25, -0.2) is 14.8 Å². The molecule has 3 aromatic heterocycles. The van der Waals surface area contributed by atoms with Crippen LogP contribution in [-0.4, -0.2) is 59.7 Å². The summed E-state index contributed by atoms with van der Waals surface area (Å²) in [5.41, 5.74) is 2.53. The lowest BCUT2D eigenvalue weighted by Gasteiger charge is -2.11. The van der Waals surface area contributed by atoms with Crippen molar-refractivity contribution >= 4 is 44.8 Å². The van der Waals surface area contributed by atoms with Gasteiger partial charge in [0.2, 0.25) is 5.88 Å². The number of urea groups is 1. The molecule has 35 heavy (non-hydrogen) atoms. The van der Waals surface area contributed by atoms with Gasteiger partial charge in [-0.05, 0) is 38.7 Å². The molecule has 4 rings (SSSR count). The summed E-state index contributed by atoms with van der Waals surface area (Å²) < 4.78 is 5.77. The molecule has 3 heterocycles. The summed E-state index contributed by atoms with van der Waals surface area (Å²) in [4.78, 5) is 28.6. The SMILES string of the molecule is CN(C)CCCOc1cc2nccc(NCCc3cnc(NC(=O)Nc4ccccc4)s3)c2cn1. The zero-order chi connectivity index (χ0) is 24.5. The number of carbonyl (C=O) groups is 1. The lowest BCUT2D eigenvalue weighted by Crippen LogP contribution is -2.19. The first kappa shape index (κ1) is 24.4. The predicted molar refractivity (Wildman–Crippen MR) is 142 cm³/mol. The first-order valence-electron chi connectivity index (χ1n) is 11.4. The molecule has 10 heteroatoms. The van der Waals surface area contributed by atoms with Crippen molar-refractivity contribution in [1.82, 2.24) is 19.9 Å². The Labute approximate surface area is 208 Å². The molecule has 182 valence electrons. The van der Waals surface area contributed by atoms with Crippen molar-refractivity contribution in [2.75, 3.05) is 49.7 Å². The molecule has 0 aliphatic rings. The Kier molecular flexibility index (Phi) is 8.42. The maximum Gasteiger partial charge on any atom is 0.325 e. The van der Waals surface area contributed by atoms with Gasteiger partial charge in [0.15, 0.2) is 5.13 Å². The number of thiazole rings is 1. The van der Waals surface area contributed by atoms with Crippen molar-refractivity contribution in [2.24, 2.45) is 0 Å².